The minimum absolute atomic E-state index is 0.494. The molecular weight excluding hydrogens is 322 g/mol. The van der Waals surface area contributed by atoms with Gasteiger partial charge in [0.25, 0.3) is 6.47 Å². The molecule has 3 rings (SSSR count). The van der Waals surface area contributed by atoms with E-state index >= 15 is 0 Å². The van der Waals surface area contributed by atoms with E-state index in [-0.39, 0.29) is 0 Å². The zero-order chi connectivity index (χ0) is 18.4. The van der Waals surface area contributed by atoms with E-state index in [9.17, 15) is 4.79 Å². The van der Waals surface area contributed by atoms with E-state index < -0.39 is 0 Å². The van der Waals surface area contributed by atoms with Gasteiger partial charge in [-0.15, -0.1) is 0 Å². The molecule has 1 fully saturated rings. The highest BCUT2D eigenvalue weighted by Crippen LogP contribution is 2.41. The second-order valence-electron chi connectivity index (χ2n) is 7.14. The van der Waals surface area contributed by atoms with Crippen LogP contribution in [0, 0.1) is 18.3 Å². The van der Waals surface area contributed by atoms with Crippen LogP contribution in [0.1, 0.15) is 65.8 Å². The number of hydrogen-bond acceptors (Lipinski definition) is 3. The molecule has 0 atom stereocenters. The van der Waals surface area contributed by atoms with Crippen molar-refractivity contribution in [1.29, 1.82) is 5.26 Å². The number of ether oxygens (including phenoxy) is 1. The first-order chi connectivity index (χ1) is 12.7. The van der Waals surface area contributed by atoms with Crippen molar-refractivity contribution in [1.82, 2.24) is 0 Å². The molecule has 0 amide bonds. The summed E-state index contributed by atoms with van der Waals surface area (Å²) in [5, 5.41) is 8.91. The standard InChI is InChI=1S/C23H25NO2/c1-17-7-13-21(14-12-18-8-10-19(15-24)11-9-18)23(26-16-25)22(17)20-5-3-2-4-6-20/h7-11,13,16,20H,2-6,12,14H2,1H3. The molecule has 0 saturated heterocycles. The maximum absolute atomic E-state index is 11.2. The maximum atomic E-state index is 11.2. The third-order valence-corrected chi connectivity index (χ3v) is 5.44. The molecule has 26 heavy (non-hydrogen) atoms. The molecular formula is C23H25NO2. The van der Waals surface area contributed by atoms with Gasteiger partial charge in [0.1, 0.15) is 5.75 Å². The number of benzene rings is 2. The Balaban J connectivity index is 1.85. The van der Waals surface area contributed by atoms with E-state index in [1.807, 2.05) is 24.3 Å². The number of carbonyl (C=O) groups excluding carboxylic acids is 1. The number of hydrogen-bond donors (Lipinski definition) is 0. The van der Waals surface area contributed by atoms with Gasteiger partial charge in [-0.25, -0.2) is 0 Å². The molecule has 0 aromatic heterocycles. The van der Waals surface area contributed by atoms with Crippen molar-refractivity contribution in [2.24, 2.45) is 0 Å². The largest absolute Gasteiger partial charge is 0.428 e. The molecule has 3 heteroatoms. The van der Waals surface area contributed by atoms with Crippen LogP contribution in [0.3, 0.4) is 0 Å². The van der Waals surface area contributed by atoms with Crippen LogP contribution in [0.15, 0.2) is 36.4 Å². The Kier molecular flexibility index (Phi) is 6.07. The van der Waals surface area contributed by atoms with Crippen LogP contribution >= 0.6 is 0 Å². The third-order valence-electron chi connectivity index (χ3n) is 5.44. The Morgan fingerprint density at radius 3 is 2.46 bits per heavy atom. The molecule has 0 aliphatic heterocycles. The van der Waals surface area contributed by atoms with E-state index in [2.05, 4.69) is 25.1 Å². The van der Waals surface area contributed by atoms with E-state index in [1.54, 1.807) is 0 Å². The van der Waals surface area contributed by atoms with Crippen LogP contribution in [0.4, 0.5) is 0 Å². The molecule has 1 aliphatic carbocycles. The summed E-state index contributed by atoms with van der Waals surface area (Å²) >= 11 is 0. The molecule has 0 unspecified atom stereocenters. The monoisotopic (exact) mass is 347 g/mol. The van der Waals surface area contributed by atoms with Crippen molar-refractivity contribution in [3.05, 3.63) is 64.2 Å². The van der Waals surface area contributed by atoms with Gasteiger partial charge in [0, 0.05) is 5.56 Å². The lowest BCUT2D eigenvalue weighted by atomic mass is 9.80. The molecule has 0 bridgehead atoms. The Morgan fingerprint density at radius 1 is 1.08 bits per heavy atom. The summed E-state index contributed by atoms with van der Waals surface area (Å²) in [5.74, 6) is 1.27. The van der Waals surface area contributed by atoms with Gasteiger partial charge in [-0.2, -0.15) is 5.26 Å². The summed E-state index contributed by atoms with van der Waals surface area (Å²) in [6, 6.07) is 14.1. The topological polar surface area (TPSA) is 50.1 Å². The smallest absolute Gasteiger partial charge is 0.298 e. The molecule has 0 N–H and O–H groups in total. The van der Waals surface area contributed by atoms with Crippen molar-refractivity contribution in [3.63, 3.8) is 0 Å². The lowest BCUT2D eigenvalue weighted by Gasteiger charge is -2.26. The van der Waals surface area contributed by atoms with E-state index in [0.717, 1.165) is 24.2 Å². The highest BCUT2D eigenvalue weighted by atomic mass is 16.5. The number of carbonyl (C=O) groups is 1. The first-order valence-electron chi connectivity index (χ1n) is 9.44. The molecule has 2 aromatic carbocycles. The quantitative estimate of drug-likeness (QED) is 0.672. The second-order valence-corrected chi connectivity index (χ2v) is 7.14. The lowest BCUT2D eigenvalue weighted by molar-refractivity contribution is -0.120. The minimum atomic E-state index is 0.494. The Morgan fingerprint density at radius 2 is 1.81 bits per heavy atom. The summed E-state index contributed by atoms with van der Waals surface area (Å²) < 4.78 is 5.50. The number of rotatable bonds is 6. The summed E-state index contributed by atoms with van der Waals surface area (Å²) in [6.45, 7) is 2.68. The predicted molar refractivity (Wildman–Crippen MR) is 102 cm³/mol. The highest BCUT2D eigenvalue weighted by molar-refractivity contribution is 5.55. The molecule has 2 aromatic rings. The van der Waals surface area contributed by atoms with Gasteiger partial charge in [-0.05, 0) is 67.3 Å². The summed E-state index contributed by atoms with van der Waals surface area (Å²) in [4.78, 5) is 11.2. The van der Waals surface area contributed by atoms with Crippen molar-refractivity contribution in [2.75, 3.05) is 0 Å². The van der Waals surface area contributed by atoms with Crippen molar-refractivity contribution in [3.8, 4) is 11.8 Å². The number of aryl methyl sites for hydroxylation is 3. The number of nitriles is 1. The second kappa shape index (κ2) is 8.67. The van der Waals surface area contributed by atoms with E-state index in [1.165, 1.54) is 48.8 Å². The molecule has 3 nitrogen and oxygen atoms in total. The zero-order valence-corrected chi connectivity index (χ0v) is 15.3. The van der Waals surface area contributed by atoms with Gasteiger partial charge in [-0.1, -0.05) is 43.5 Å². The van der Waals surface area contributed by atoms with Gasteiger partial charge in [0.05, 0.1) is 11.6 Å². The highest BCUT2D eigenvalue weighted by Gasteiger charge is 2.23. The van der Waals surface area contributed by atoms with Crippen LogP contribution in [0.5, 0.6) is 5.75 Å². The van der Waals surface area contributed by atoms with Crippen molar-refractivity contribution >= 4 is 6.47 Å². The van der Waals surface area contributed by atoms with Gasteiger partial charge < -0.3 is 4.74 Å². The number of nitrogens with zero attached hydrogens (tertiary/aromatic N) is 1. The lowest BCUT2D eigenvalue weighted by Crippen LogP contribution is -2.10. The Bertz CT molecular complexity index is 796. The van der Waals surface area contributed by atoms with Crippen molar-refractivity contribution < 1.29 is 9.53 Å². The average molecular weight is 347 g/mol. The zero-order valence-electron chi connectivity index (χ0n) is 15.3. The molecule has 0 spiro atoms. The van der Waals surface area contributed by atoms with Crippen LogP contribution in [0.25, 0.3) is 0 Å². The predicted octanol–water partition coefficient (Wildman–Crippen LogP) is 5.23. The molecule has 0 radical (unpaired) electrons. The molecule has 1 aliphatic rings. The van der Waals surface area contributed by atoms with Crippen LogP contribution in [0.2, 0.25) is 0 Å². The summed E-state index contributed by atoms with van der Waals surface area (Å²) in [7, 11) is 0. The molecule has 134 valence electrons. The Labute approximate surface area is 155 Å². The van der Waals surface area contributed by atoms with Gasteiger partial charge >= 0.3 is 0 Å². The van der Waals surface area contributed by atoms with Gasteiger partial charge in [-0.3, -0.25) is 4.79 Å². The van der Waals surface area contributed by atoms with Gasteiger partial charge in [0.15, 0.2) is 0 Å². The molecule has 1 saturated carbocycles. The fraction of sp³-hybridized carbons (Fsp3) is 0.391. The summed E-state index contributed by atoms with van der Waals surface area (Å²) in [5.41, 5.74) is 5.40. The van der Waals surface area contributed by atoms with Crippen LogP contribution in [-0.2, 0) is 17.6 Å². The van der Waals surface area contributed by atoms with E-state index in [0.29, 0.717) is 18.0 Å². The Hall–Kier alpha value is -2.60. The van der Waals surface area contributed by atoms with Gasteiger partial charge in [0.2, 0.25) is 0 Å². The van der Waals surface area contributed by atoms with Crippen molar-refractivity contribution in [2.45, 2.75) is 57.8 Å². The van der Waals surface area contributed by atoms with Crippen LogP contribution in [-0.4, -0.2) is 6.47 Å². The first kappa shape index (κ1) is 18.2. The summed E-state index contributed by atoms with van der Waals surface area (Å²) in [6.07, 6.45) is 7.82. The SMILES string of the molecule is Cc1ccc(CCc2ccc(C#N)cc2)c(OC=O)c1C1CCCCC1. The fourth-order valence-electron chi connectivity index (χ4n) is 4.05. The fourth-order valence-corrected chi connectivity index (χ4v) is 4.05. The molecule has 0 heterocycles. The third kappa shape index (κ3) is 4.14. The normalized spacial score (nSPS) is 14.6. The average Bonchev–Trinajstić information content (AvgIpc) is 2.69. The van der Waals surface area contributed by atoms with Crippen LogP contribution < -0.4 is 4.74 Å². The minimum Gasteiger partial charge on any atom is -0.428 e. The maximum Gasteiger partial charge on any atom is 0.298 e. The first-order valence-corrected chi connectivity index (χ1v) is 9.44. The van der Waals surface area contributed by atoms with E-state index in [4.69, 9.17) is 10.00 Å².